The lowest BCUT2D eigenvalue weighted by Crippen LogP contribution is -2.55. The van der Waals surface area contributed by atoms with Crippen molar-refractivity contribution in [2.75, 3.05) is 6.61 Å². The number of benzene rings is 2. The van der Waals surface area contributed by atoms with Gasteiger partial charge in [-0.25, -0.2) is 18.9 Å². The van der Waals surface area contributed by atoms with Crippen molar-refractivity contribution in [2.24, 2.45) is 0 Å². The number of nitrogens with one attached hydrogen (secondary N) is 2. The van der Waals surface area contributed by atoms with E-state index in [-0.39, 0.29) is 24.3 Å². The summed E-state index contributed by atoms with van der Waals surface area (Å²) in [5.74, 6) is -0.990. The average molecular weight is 383 g/mol. The molecule has 2 aliphatic rings. The van der Waals surface area contributed by atoms with Gasteiger partial charge in [-0.15, -0.1) is 0 Å². The summed E-state index contributed by atoms with van der Waals surface area (Å²) in [7, 11) is 0. The van der Waals surface area contributed by atoms with Crippen LogP contribution in [0.15, 0.2) is 48.5 Å². The zero-order valence-electron chi connectivity index (χ0n) is 15.1. The van der Waals surface area contributed by atoms with Crippen LogP contribution in [0.25, 0.3) is 0 Å². The molecule has 0 aliphatic carbocycles. The Bertz CT molecular complexity index is 965. The molecule has 2 atom stereocenters. The Labute approximate surface area is 160 Å². The summed E-state index contributed by atoms with van der Waals surface area (Å²) in [4.78, 5) is 39.1. The van der Waals surface area contributed by atoms with E-state index in [4.69, 9.17) is 4.74 Å². The van der Waals surface area contributed by atoms with Crippen LogP contribution in [0.2, 0.25) is 0 Å². The number of rotatable bonds is 2. The van der Waals surface area contributed by atoms with E-state index in [1.54, 1.807) is 6.92 Å². The van der Waals surface area contributed by atoms with Crippen LogP contribution in [0.4, 0.5) is 14.0 Å². The van der Waals surface area contributed by atoms with E-state index in [1.165, 1.54) is 12.1 Å². The summed E-state index contributed by atoms with van der Waals surface area (Å²) in [6.45, 7) is 1.88. The van der Waals surface area contributed by atoms with E-state index in [2.05, 4.69) is 10.6 Å². The largest absolute Gasteiger partial charge is 0.493 e. The van der Waals surface area contributed by atoms with Crippen LogP contribution in [0.1, 0.15) is 30.5 Å². The Hall–Kier alpha value is -3.42. The number of nitrogens with zero attached hydrogens (tertiary/aromatic N) is 1. The number of carbonyl (C=O) groups excluding carboxylic acids is 3. The number of carbonyl (C=O) groups is 3. The Morgan fingerprint density at radius 2 is 2.00 bits per heavy atom. The maximum Gasteiger partial charge on any atom is 0.333 e. The second-order valence-corrected chi connectivity index (χ2v) is 6.78. The summed E-state index contributed by atoms with van der Waals surface area (Å²) in [6.07, 6.45) is 0.0359. The lowest BCUT2D eigenvalue weighted by molar-refractivity contribution is -0.127. The van der Waals surface area contributed by atoms with Crippen molar-refractivity contribution in [2.45, 2.75) is 24.9 Å². The van der Waals surface area contributed by atoms with Crippen molar-refractivity contribution in [1.29, 1.82) is 0 Å². The Kier molecular flexibility index (Phi) is 4.26. The van der Waals surface area contributed by atoms with E-state index < -0.39 is 35.4 Å². The number of hydrogen-bond donors (Lipinski definition) is 2. The lowest BCUT2D eigenvalue weighted by Gasteiger charge is -2.38. The van der Waals surface area contributed by atoms with Gasteiger partial charge in [-0.05, 0) is 30.7 Å². The smallest absolute Gasteiger partial charge is 0.333 e. The van der Waals surface area contributed by atoms with Crippen LogP contribution in [0.5, 0.6) is 5.75 Å². The minimum atomic E-state index is -1.65. The third kappa shape index (κ3) is 2.69. The molecular formula is C20H18FN3O4. The minimum absolute atomic E-state index is 0.0359. The van der Waals surface area contributed by atoms with Gasteiger partial charge in [0.25, 0.3) is 5.91 Å². The molecule has 2 aromatic rings. The van der Waals surface area contributed by atoms with Crippen molar-refractivity contribution < 1.29 is 23.5 Å². The monoisotopic (exact) mass is 383 g/mol. The first-order valence-electron chi connectivity index (χ1n) is 8.87. The van der Waals surface area contributed by atoms with Crippen molar-refractivity contribution in [1.82, 2.24) is 15.5 Å². The molecule has 28 heavy (non-hydrogen) atoms. The van der Waals surface area contributed by atoms with Crippen LogP contribution in [-0.2, 0) is 10.3 Å². The van der Waals surface area contributed by atoms with Crippen molar-refractivity contribution in [3.63, 3.8) is 0 Å². The maximum atomic E-state index is 13.9. The molecule has 2 aromatic carbocycles. The quantitative estimate of drug-likeness (QED) is 0.781. The predicted octanol–water partition coefficient (Wildman–Crippen LogP) is 2.83. The second kappa shape index (κ2) is 6.63. The molecule has 0 radical (unpaired) electrons. The second-order valence-electron chi connectivity index (χ2n) is 6.78. The van der Waals surface area contributed by atoms with Gasteiger partial charge in [-0.3, -0.25) is 10.1 Å². The minimum Gasteiger partial charge on any atom is -0.493 e. The molecule has 0 aromatic heterocycles. The number of urea groups is 2. The van der Waals surface area contributed by atoms with E-state index >= 15 is 0 Å². The topological polar surface area (TPSA) is 87.7 Å². The highest BCUT2D eigenvalue weighted by Crippen LogP contribution is 2.44. The van der Waals surface area contributed by atoms with Gasteiger partial charge in [0.2, 0.25) is 0 Å². The molecular weight excluding hydrogens is 365 g/mol. The lowest BCUT2D eigenvalue weighted by atomic mass is 9.83. The molecule has 8 heteroatoms. The first-order chi connectivity index (χ1) is 13.4. The molecule has 4 rings (SSSR count). The molecule has 2 N–H and O–H groups in total. The van der Waals surface area contributed by atoms with Gasteiger partial charge in [0, 0.05) is 12.0 Å². The van der Waals surface area contributed by atoms with Crippen molar-refractivity contribution in [3.05, 3.63) is 65.5 Å². The molecule has 0 unspecified atom stereocenters. The number of hydrogen-bond acceptors (Lipinski definition) is 4. The first-order valence-corrected chi connectivity index (χ1v) is 8.87. The van der Waals surface area contributed by atoms with Crippen molar-refractivity contribution >= 4 is 18.0 Å². The molecule has 2 aliphatic heterocycles. The summed E-state index contributed by atoms with van der Waals surface area (Å²) in [5, 5.41) is 4.94. The zero-order valence-corrected chi connectivity index (χ0v) is 15.1. The average Bonchev–Trinajstić information content (AvgIpc) is 2.93. The summed E-state index contributed by atoms with van der Waals surface area (Å²) >= 11 is 0. The number of fused-ring (bicyclic) bond motifs is 2. The third-order valence-electron chi connectivity index (χ3n) is 5.13. The molecule has 1 spiro atoms. The summed E-state index contributed by atoms with van der Waals surface area (Å²) in [6, 6.07) is 11.0. The van der Waals surface area contributed by atoms with Gasteiger partial charge in [-0.2, -0.15) is 0 Å². The van der Waals surface area contributed by atoms with E-state index in [0.29, 0.717) is 0 Å². The fraction of sp³-hybridized carbons (Fsp3) is 0.250. The fourth-order valence-electron chi connectivity index (χ4n) is 3.73. The molecule has 1 saturated heterocycles. The van der Waals surface area contributed by atoms with Gasteiger partial charge in [0.05, 0.1) is 12.6 Å². The first kappa shape index (κ1) is 18.0. The fourth-order valence-corrected chi connectivity index (χ4v) is 3.73. The molecule has 2 heterocycles. The van der Waals surface area contributed by atoms with Gasteiger partial charge in [-0.1, -0.05) is 30.3 Å². The number of ether oxygens (including phenoxy) is 1. The molecule has 144 valence electrons. The number of halogens is 1. The van der Waals surface area contributed by atoms with Crippen LogP contribution in [0.3, 0.4) is 0 Å². The van der Waals surface area contributed by atoms with Crippen LogP contribution < -0.4 is 15.4 Å². The number of amides is 5. The molecule has 7 nitrogen and oxygen atoms in total. The highest BCUT2D eigenvalue weighted by molar-refractivity contribution is 6.14. The maximum absolute atomic E-state index is 13.9. The molecule has 5 amide bonds. The SMILES string of the molecule is C[C@@H](NC(=O)N1C(=O)NC(=O)[C@@]12CCOc1ccc(F)cc12)c1ccccc1. The molecule has 0 bridgehead atoms. The normalized spacial score (nSPS) is 21.7. The third-order valence-corrected chi connectivity index (χ3v) is 5.13. The standard InChI is InChI=1S/C20H18FN3O4/c1-12(13-5-3-2-4-6-13)22-18(26)24-19(27)23-17(25)20(24)9-10-28-16-8-7-14(21)11-15(16)20/h2-8,11-12H,9-10H2,1H3,(H,22,26)(H,23,25,27)/t12-,20+/m1/s1. The van der Waals surface area contributed by atoms with Crippen LogP contribution >= 0.6 is 0 Å². The molecule has 1 fully saturated rings. The van der Waals surface area contributed by atoms with E-state index in [9.17, 15) is 18.8 Å². The predicted molar refractivity (Wildman–Crippen MR) is 97.0 cm³/mol. The van der Waals surface area contributed by atoms with E-state index in [1.807, 2.05) is 30.3 Å². The Balaban J connectivity index is 1.72. The van der Waals surface area contributed by atoms with Gasteiger partial charge in [0.15, 0.2) is 5.54 Å². The number of imide groups is 2. The van der Waals surface area contributed by atoms with Gasteiger partial charge in [0.1, 0.15) is 11.6 Å². The Morgan fingerprint density at radius 3 is 2.75 bits per heavy atom. The van der Waals surface area contributed by atoms with Gasteiger partial charge >= 0.3 is 12.1 Å². The Morgan fingerprint density at radius 1 is 1.25 bits per heavy atom. The van der Waals surface area contributed by atoms with E-state index in [0.717, 1.165) is 16.5 Å². The van der Waals surface area contributed by atoms with Gasteiger partial charge < -0.3 is 10.1 Å². The zero-order chi connectivity index (χ0) is 19.9. The highest BCUT2D eigenvalue weighted by atomic mass is 19.1. The van der Waals surface area contributed by atoms with Crippen LogP contribution in [0, 0.1) is 5.82 Å². The molecule has 0 saturated carbocycles. The summed E-state index contributed by atoms with van der Waals surface area (Å²) in [5.41, 5.74) is -0.647. The summed E-state index contributed by atoms with van der Waals surface area (Å²) < 4.78 is 19.4. The van der Waals surface area contributed by atoms with Crippen LogP contribution in [-0.4, -0.2) is 29.5 Å². The highest BCUT2D eigenvalue weighted by Gasteiger charge is 2.59. The van der Waals surface area contributed by atoms with Crippen molar-refractivity contribution in [3.8, 4) is 5.75 Å².